The first kappa shape index (κ1) is 16.3. The highest BCUT2D eigenvalue weighted by molar-refractivity contribution is 6.30. The Morgan fingerprint density at radius 2 is 1.95 bits per heavy atom. The number of nitrogens with zero attached hydrogens (tertiary/aromatic N) is 3. The topological polar surface area (TPSA) is 60.2 Å². The van der Waals surface area contributed by atoms with Gasteiger partial charge in [0.1, 0.15) is 18.4 Å². The molecular weight excluding hydrogens is 302 g/mol. The van der Waals surface area contributed by atoms with Crippen LogP contribution in [-0.2, 0) is 0 Å². The summed E-state index contributed by atoms with van der Waals surface area (Å²) < 4.78 is 7.31. The molecule has 1 N–H and O–H groups in total. The third-order valence-corrected chi connectivity index (χ3v) is 3.71. The van der Waals surface area contributed by atoms with Gasteiger partial charge < -0.3 is 9.84 Å². The maximum Gasteiger partial charge on any atom is 0.233 e. The van der Waals surface area contributed by atoms with Crippen LogP contribution in [0.1, 0.15) is 27.0 Å². The maximum absolute atomic E-state index is 11.0. The van der Waals surface area contributed by atoms with Crippen LogP contribution in [0.25, 0.3) is 0 Å². The first-order chi connectivity index (χ1) is 10.3. The van der Waals surface area contributed by atoms with E-state index in [9.17, 15) is 5.11 Å². The molecule has 0 radical (unpaired) electrons. The molecule has 1 heterocycles. The smallest absolute Gasteiger partial charge is 0.233 e. The molecule has 6 heteroatoms. The summed E-state index contributed by atoms with van der Waals surface area (Å²) in [5.41, 5.74) is -2.24. The number of rotatable bonds is 4. The van der Waals surface area contributed by atoms with Crippen LogP contribution in [0.15, 0.2) is 36.9 Å². The summed E-state index contributed by atoms with van der Waals surface area (Å²) in [5.74, 6) is 2.97. The van der Waals surface area contributed by atoms with Gasteiger partial charge in [-0.05, 0) is 24.3 Å². The van der Waals surface area contributed by atoms with E-state index in [1.165, 1.54) is 17.3 Å². The van der Waals surface area contributed by atoms with E-state index < -0.39 is 17.2 Å². The minimum Gasteiger partial charge on any atom is -0.464 e. The van der Waals surface area contributed by atoms with Crippen molar-refractivity contribution in [3.63, 3.8) is 0 Å². The van der Waals surface area contributed by atoms with Crippen LogP contribution in [0.3, 0.4) is 0 Å². The monoisotopic (exact) mass is 319 g/mol. The summed E-state index contributed by atoms with van der Waals surface area (Å²) in [5, 5.41) is 15.7. The van der Waals surface area contributed by atoms with E-state index >= 15 is 0 Å². The second-order valence-corrected chi connectivity index (χ2v) is 6.40. The number of halogens is 1. The first-order valence-corrected chi connectivity index (χ1v) is 7.12. The Labute approximate surface area is 134 Å². The number of ether oxygens (including phenoxy) is 1. The highest BCUT2D eigenvalue weighted by Crippen LogP contribution is 2.39. The summed E-state index contributed by atoms with van der Waals surface area (Å²) in [6, 6.07) is 6.79. The molecule has 22 heavy (non-hydrogen) atoms. The Balaban J connectivity index is 2.44. The highest BCUT2D eigenvalue weighted by Gasteiger charge is 2.49. The molecule has 2 atom stereocenters. The van der Waals surface area contributed by atoms with Gasteiger partial charge in [0.05, 0.1) is 0 Å². The fraction of sp³-hybridized carbons (Fsp3) is 0.375. The number of terminal acetylenes is 1. The summed E-state index contributed by atoms with van der Waals surface area (Å²) in [7, 11) is 0. The van der Waals surface area contributed by atoms with Crippen molar-refractivity contribution < 1.29 is 9.84 Å². The van der Waals surface area contributed by atoms with Crippen molar-refractivity contribution in [2.75, 3.05) is 0 Å². The van der Waals surface area contributed by atoms with Crippen LogP contribution < -0.4 is 4.74 Å². The molecule has 0 fully saturated rings. The average molecular weight is 320 g/mol. The molecule has 5 nitrogen and oxygen atoms in total. The first-order valence-electron chi connectivity index (χ1n) is 6.74. The molecule has 1 aromatic heterocycles. The van der Waals surface area contributed by atoms with Crippen LogP contribution in [-0.4, -0.2) is 25.5 Å². The largest absolute Gasteiger partial charge is 0.464 e. The fourth-order valence-electron chi connectivity index (χ4n) is 1.97. The van der Waals surface area contributed by atoms with Gasteiger partial charge in [0.15, 0.2) is 5.60 Å². The SMILES string of the molecule is C#CC(O)(C(Oc1ccc(Cl)cc1)n1cncn1)C(C)(C)C. The lowest BCUT2D eigenvalue weighted by molar-refractivity contribution is -0.125. The van der Waals surface area contributed by atoms with Crippen LogP contribution >= 0.6 is 11.6 Å². The molecule has 0 aliphatic carbocycles. The third-order valence-electron chi connectivity index (χ3n) is 3.46. The van der Waals surface area contributed by atoms with Gasteiger partial charge in [-0.3, -0.25) is 0 Å². The van der Waals surface area contributed by atoms with Gasteiger partial charge in [0, 0.05) is 10.4 Å². The second-order valence-electron chi connectivity index (χ2n) is 5.96. The van der Waals surface area contributed by atoms with Crippen LogP contribution in [0.2, 0.25) is 5.02 Å². The number of aromatic nitrogens is 3. The predicted molar refractivity (Wildman–Crippen MR) is 84.4 cm³/mol. The molecule has 116 valence electrons. The zero-order chi connectivity index (χ0) is 16.4. The fourth-order valence-corrected chi connectivity index (χ4v) is 2.10. The van der Waals surface area contributed by atoms with Crippen LogP contribution in [0.4, 0.5) is 0 Å². The number of benzene rings is 1. The summed E-state index contributed by atoms with van der Waals surface area (Å²) in [4.78, 5) is 3.90. The van der Waals surface area contributed by atoms with Crippen molar-refractivity contribution in [1.82, 2.24) is 14.8 Å². The Morgan fingerprint density at radius 1 is 1.32 bits per heavy atom. The van der Waals surface area contributed by atoms with E-state index in [1.807, 2.05) is 20.8 Å². The van der Waals surface area contributed by atoms with E-state index in [2.05, 4.69) is 16.0 Å². The average Bonchev–Trinajstić information content (AvgIpc) is 2.98. The Bertz CT molecular complexity index is 656. The van der Waals surface area contributed by atoms with E-state index in [-0.39, 0.29) is 0 Å². The summed E-state index contributed by atoms with van der Waals surface area (Å²) in [6.45, 7) is 5.51. The third kappa shape index (κ3) is 3.08. The van der Waals surface area contributed by atoms with Gasteiger partial charge >= 0.3 is 0 Å². The summed E-state index contributed by atoms with van der Waals surface area (Å²) in [6.07, 6.45) is 7.50. The van der Waals surface area contributed by atoms with Crippen molar-refractivity contribution >= 4 is 11.6 Å². The van der Waals surface area contributed by atoms with Crippen LogP contribution in [0.5, 0.6) is 5.75 Å². The lowest BCUT2D eigenvalue weighted by Gasteiger charge is -2.41. The van der Waals surface area contributed by atoms with Crippen molar-refractivity contribution in [2.45, 2.75) is 32.6 Å². The van der Waals surface area contributed by atoms with Crippen LogP contribution in [0, 0.1) is 17.8 Å². The number of hydrogen-bond acceptors (Lipinski definition) is 4. The second kappa shape index (κ2) is 5.99. The molecule has 0 bridgehead atoms. The maximum atomic E-state index is 11.0. The van der Waals surface area contributed by atoms with Gasteiger partial charge in [0.25, 0.3) is 0 Å². The van der Waals surface area contributed by atoms with E-state index in [1.54, 1.807) is 24.3 Å². The lowest BCUT2D eigenvalue weighted by atomic mass is 9.75. The van der Waals surface area contributed by atoms with Crippen molar-refractivity contribution in [2.24, 2.45) is 5.41 Å². The normalized spacial score (nSPS) is 15.6. The van der Waals surface area contributed by atoms with Gasteiger partial charge in [0.2, 0.25) is 6.23 Å². The van der Waals surface area contributed by atoms with E-state index in [4.69, 9.17) is 22.8 Å². The van der Waals surface area contributed by atoms with Gasteiger partial charge in [-0.25, -0.2) is 9.67 Å². The molecule has 0 amide bonds. The zero-order valence-electron chi connectivity index (χ0n) is 12.7. The molecule has 0 saturated carbocycles. The molecule has 0 saturated heterocycles. The number of hydrogen-bond donors (Lipinski definition) is 1. The Kier molecular flexibility index (Phi) is 4.45. The van der Waals surface area contributed by atoms with Gasteiger partial charge in [-0.15, -0.1) is 6.42 Å². The van der Waals surface area contributed by atoms with E-state index in [0.717, 1.165) is 0 Å². The molecule has 2 rings (SSSR count). The number of aliphatic hydroxyl groups is 1. The van der Waals surface area contributed by atoms with E-state index in [0.29, 0.717) is 10.8 Å². The predicted octanol–water partition coefficient (Wildman–Crippen LogP) is 2.92. The Hall–Kier alpha value is -2.03. The molecule has 0 aliphatic heterocycles. The molecular formula is C16H18ClN3O2. The zero-order valence-corrected chi connectivity index (χ0v) is 13.4. The molecule has 2 aromatic rings. The molecule has 0 aliphatic rings. The molecule has 2 unspecified atom stereocenters. The standard InChI is InChI=1S/C16H18ClN3O2/c1-5-16(21,15(2,3)4)14(20-11-18-10-19-20)22-13-8-6-12(17)7-9-13/h1,6-11,14,21H,2-4H3. The van der Waals surface area contributed by atoms with Crippen molar-refractivity contribution in [3.8, 4) is 18.1 Å². The van der Waals surface area contributed by atoms with Crippen molar-refractivity contribution in [3.05, 3.63) is 41.9 Å². The van der Waals surface area contributed by atoms with Crippen molar-refractivity contribution in [1.29, 1.82) is 0 Å². The Morgan fingerprint density at radius 3 is 2.41 bits per heavy atom. The minimum atomic E-state index is -1.60. The molecule has 0 spiro atoms. The highest BCUT2D eigenvalue weighted by atomic mass is 35.5. The lowest BCUT2D eigenvalue weighted by Crippen LogP contribution is -2.51. The van der Waals surface area contributed by atoms with Gasteiger partial charge in [-0.1, -0.05) is 38.3 Å². The minimum absolute atomic E-state index is 0.517. The molecule has 1 aromatic carbocycles. The quantitative estimate of drug-likeness (QED) is 0.880. The van der Waals surface area contributed by atoms with Gasteiger partial charge in [-0.2, -0.15) is 5.10 Å². The summed E-state index contributed by atoms with van der Waals surface area (Å²) >= 11 is 5.87.